The van der Waals surface area contributed by atoms with Crippen molar-refractivity contribution in [2.75, 3.05) is 46.5 Å². The van der Waals surface area contributed by atoms with Crippen LogP contribution < -0.4 is 16.4 Å². The summed E-state index contributed by atoms with van der Waals surface area (Å²) in [5.41, 5.74) is 2.77. The third kappa shape index (κ3) is 7.02. The number of nitrogens with zero attached hydrogens (tertiary/aromatic N) is 7. The monoisotopic (exact) mass is 696 g/mol. The molecule has 3 aliphatic heterocycles. The second-order valence-electron chi connectivity index (χ2n) is 13.5. The normalized spacial score (nSPS) is 23.3. The molecule has 0 spiro atoms. The standard InChI is InChI=1S/C21H21N5O2.C14H19N5O2.CH4O/c1-14-10-25(11-15-5-3-2-4-6-15)12-17(14)19-23-21(27)18-9-22-20(26(18)24-19)16-7-8-28-13-16;1-8-4-15-5-10(8)12-17-14(20)11-6-16-13(19(11)18-12)9-2-3-21-7-9;1-2/h2-9,13-14,17H,10-12H2,1H3,(H,23,24,27);6,8-10,15H,2-5,7H2,1H3,(H,17,18,20);2H,1H3. The largest absolute Gasteiger partial charge is 0.472 e. The first-order valence-electron chi connectivity index (χ1n) is 17.4. The zero-order valence-electron chi connectivity index (χ0n) is 29.0. The molecule has 6 aromatic rings. The summed E-state index contributed by atoms with van der Waals surface area (Å²) in [6.07, 6.45) is 7.30. The molecule has 0 amide bonds. The Morgan fingerprint density at radius 3 is 2.27 bits per heavy atom. The molecular weight excluding hydrogens is 652 g/mol. The molecule has 5 atom stereocenters. The summed E-state index contributed by atoms with van der Waals surface area (Å²) in [5, 5.41) is 19.8. The molecule has 15 nitrogen and oxygen atoms in total. The lowest BCUT2D eigenvalue weighted by molar-refractivity contribution is 0.193. The zero-order valence-corrected chi connectivity index (χ0v) is 29.0. The minimum atomic E-state index is -0.166. The SMILES string of the molecule is CC1CN(Cc2ccccc2)CC1c1nn2c(-c3ccoc3)ncc2c(=O)[nH]1.CC1CNCC1c1nn2c(C3CCOC3)ncc2c(=O)[nH]1.CO. The van der Waals surface area contributed by atoms with E-state index in [1.165, 1.54) is 5.56 Å². The maximum atomic E-state index is 12.6. The van der Waals surface area contributed by atoms with Crippen LogP contribution in [0.5, 0.6) is 0 Å². The maximum absolute atomic E-state index is 12.6. The number of aromatic amines is 2. The Kier molecular flexibility index (Phi) is 10.2. The number of furan rings is 1. The molecule has 0 bridgehead atoms. The predicted octanol–water partition coefficient (Wildman–Crippen LogP) is 2.77. The molecule has 15 heteroatoms. The van der Waals surface area contributed by atoms with Gasteiger partial charge in [0.05, 0.1) is 30.8 Å². The van der Waals surface area contributed by atoms with Crippen LogP contribution in [0.3, 0.4) is 0 Å². The fourth-order valence-electron chi connectivity index (χ4n) is 7.36. The van der Waals surface area contributed by atoms with Gasteiger partial charge in [-0.15, -0.1) is 0 Å². The van der Waals surface area contributed by atoms with Crippen LogP contribution >= 0.6 is 0 Å². The van der Waals surface area contributed by atoms with Gasteiger partial charge in [0.15, 0.2) is 16.9 Å². The Bertz CT molecular complexity index is 2170. The number of ether oxygens (including phenoxy) is 1. The van der Waals surface area contributed by atoms with Gasteiger partial charge in [-0.3, -0.25) is 14.5 Å². The van der Waals surface area contributed by atoms with Gasteiger partial charge >= 0.3 is 0 Å². The molecule has 51 heavy (non-hydrogen) atoms. The number of aromatic nitrogens is 8. The molecule has 8 heterocycles. The summed E-state index contributed by atoms with van der Waals surface area (Å²) < 4.78 is 13.9. The number of benzene rings is 1. The van der Waals surface area contributed by atoms with Gasteiger partial charge in [-0.05, 0) is 36.4 Å². The number of hydrogen-bond donors (Lipinski definition) is 4. The lowest BCUT2D eigenvalue weighted by atomic mass is 9.97. The highest BCUT2D eigenvalue weighted by molar-refractivity contribution is 5.59. The fraction of sp³-hybridized carbons (Fsp3) is 0.444. The highest BCUT2D eigenvalue weighted by Crippen LogP contribution is 2.31. The van der Waals surface area contributed by atoms with Crippen LogP contribution in [-0.2, 0) is 11.3 Å². The predicted molar refractivity (Wildman–Crippen MR) is 190 cm³/mol. The van der Waals surface area contributed by atoms with E-state index in [4.69, 9.17) is 19.4 Å². The average molecular weight is 697 g/mol. The lowest BCUT2D eigenvalue weighted by Gasteiger charge is -2.15. The highest BCUT2D eigenvalue weighted by atomic mass is 16.5. The van der Waals surface area contributed by atoms with Crippen LogP contribution in [0, 0.1) is 11.8 Å². The Balaban J connectivity index is 0.000000158. The zero-order chi connectivity index (χ0) is 35.5. The highest BCUT2D eigenvalue weighted by Gasteiger charge is 2.33. The second kappa shape index (κ2) is 15.1. The third-order valence-corrected chi connectivity index (χ3v) is 10.1. The number of aliphatic hydroxyl groups is 1. The summed E-state index contributed by atoms with van der Waals surface area (Å²) in [6, 6.07) is 12.3. The first-order chi connectivity index (χ1) is 24.9. The number of aliphatic hydroxyl groups excluding tert-OH is 1. The van der Waals surface area contributed by atoms with Crippen molar-refractivity contribution >= 4 is 11.0 Å². The molecule has 3 fully saturated rings. The van der Waals surface area contributed by atoms with Crippen LogP contribution in [0.25, 0.3) is 22.4 Å². The lowest BCUT2D eigenvalue weighted by Crippen LogP contribution is -2.22. The Morgan fingerprint density at radius 2 is 1.59 bits per heavy atom. The van der Waals surface area contributed by atoms with Gasteiger partial charge in [-0.1, -0.05) is 44.2 Å². The molecule has 9 rings (SSSR count). The smallest absolute Gasteiger partial charge is 0.276 e. The van der Waals surface area contributed by atoms with Gasteiger partial charge in [0.25, 0.3) is 11.1 Å². The van der Waals surface area contributed by atoms with Gasteiger partial charge < -0.3 is 29.5 Å². The van der Waals surface area contributed by atoms with Crippen molar-refractivity contribution in [1.82, 2.24) is 49.4 Å². The minimum Gasteiger partial charge on any atom is -0.472 e. The number of imidazole rings is 2. The molecule has 5 aromatic heterocycles. The van der Waals surface area contributed by atoms with E-state index in [1.54, 1.807) is 34.0 Å². The number of fused-ring (bicyclic) bond motifs is 2. The van der Waals surface area contributed by atoms with Crippen LogP contribution in [0.1, 0.15) is 61.1 Å². The first kappa shape index (κ1) is 34.5. The second-order valence-corrected chi connectivity index (χ2v) is 13.5. The van der Waals surface area contributed by atoms with Crippen molar-refractivity contribution < 1.29 is 14.3 Å². The molecule has 4 N–H and O–H groups in total. The fourth-order valence-corrected chi connectivity index (χ4v) is 7.36. The first-order valence-corrected chi connectivity index (χ1v) is 17.4. The summed E-state index contributed by atoms with van der Waals surface area (Å²) in [5.74, 6) is 4.42. The molecular formula is C36H44N10O5. The van der Waals surface area contributed by atoms with Gasteiger partial charge in [0.1, 0.15) is 23.7 Å². The minimum absolute atomic E-state index is 0.114. The quantitative estimate of drug-likeness (QED) is 0.201. The van der Waals surface area contributed by atoms with E-state index in [0.29, 0.717) is 41.1 Å². The van der Waals surface area contributed by atoms with Crippen molar-refractivity contribution in [3.63, 3.8) is 0 Å². The molecule has 0 saturated carbocycles. The number of nitrogens with one attached hydrogen (secondary N) is 3. The van der Waals surface area contributed by atoms with Crippen LogP contribution in [0.2, 0.25) is 0 Å². The van der Waals surface area contributed by atoms with Crippen molar-refractivity contribution in [2.24, 2.45) is 11.8 Å². The molecule has 1 aromatic carbocycles. The van der Waals surface area contributed by atoms with Crippen LogP contribution in [0.15, 0.2) is 75.3 Å². The number of H-pyrrole nitrogens is 2. The number of hydrogen-bond acceptors (Lipinski definition) is 11. The van der Waals surface area contributed by atoms with E-state index in [0.717, 1.165) is 70.1 Å². The van der Waals surface area contributed by atoms with Gasteiger partial charge in [-0.25, -0.2) is 19.0 Å². The van der Waals surface area contributed by atoms with Gasteiger partial charge in [0, 0.05) is 57.6 Å². The van der Waals surface area contributed by atoms with Crippen molar-refractivity contribution in [1.29, 1.82) is 0 Å². The van der Waals surface area contributed by atoms with E-state index >= 15 is 0 Å². The van der Waals surface area contributed by atoms with Gasteiger partial charge in [-0.2, -0.15) is 10.2 Å². The topological polar surface area (TPSA) is 184 Å². The Morgan fingerprint density at radius 1 is 0.863 bits per heavy atom. The summed E-state index contributed by atoms with van der Waals surface area (Å²) in [4.78, 5) is 42.0. The molecule has 0 aliphatic carbocycles. The van der Waals surface area contributed by atoms with E-state index in [-0.39, 0.29) is 28.9 Å². The summed E-state index contributed by atoms with van der Waals surface area (Å²) in [7, 11) is 1.00. The van der Waals surface area contributed by atoms with E-state index < -0.39 is 0 Å². The number of rotatable bonds is 6. The molecule has 3 saturated heterocycles. The Labute approximate surface area is 293 Å². The summed E-state index contributed by atoms with van der Waals surface area (Å²) >= 11 is 0. The van der Waals surface area contributed by atoms with Gasteiger partial charge in [0.2, 0.25) is 0 Å². The van der Waals surface area contributed by atoms with E-state index in [2.05, 4.69) is 73.4 Å². The van der Waals surface area contributed by atoms with Crippen LogP contribution in [0.4, 0.5) is 0 Å². The van der Waals surface area contributed by atoms with Crippen LogP contribution in [-0.4, -0.2) is 95.7 Å². The molecule has 3 aliphatic rings. The van der Waals surface area contributed by atoms with E-state index in [1.807, 2.05) is 12.1 Å². The van der Waals surface area contributed by atoms with Crippen molar-refractivity contribution in [3.05, 3.63) is 105 Å². The molecule has 268 valence electrons. The third-order valence-electron chi connectivity index (χ3n) is 10.1. The average Bonchev–Trinajstić information content (AvgIpc) is 3.99. The van der Waals surface area contributed by atoms with Crippen molar-refractivity contribution in [3.8, 4) is 11.4 Å². The molecule has 0 radical (unpaired) electrons. The summed E-state index contributed by atoms with van der Waals surface area (Å²) in [6.45, 7) is 10.3. The number of likely N-dealkylation sites (tertiary alicyclic amines) is 1. The van der Waals surface area contributed by atoms with Crippen molar-refractivity contribution in [2.45, 2.75) is 44.6 Å². The molecule has 5 unspecified atom stereocenters. The Hall–Kier alpha value is -4.96. The van der Waals surface area contributed by atoms with E-state index in [9.17, 15) is 9.59 Å². The maximum Gasteiger partial charge on any atom is 0.276 e.